The van der Waals surface area contributed by atoms with Crippen LogP contribution in [-0.2, 0) is 15.1 Å². The summed E-state index contributed by atoms with van der Waals surface area (Å²) in [6, 6.07) is 23.3. The number of hydrogen-bond donors (Lipinski definition) is 1. The van der Waals surface area contributed by atoms with E-state index in [1.165, 1.54) is 0 Å². The first-order valence-corrected chi connectivity index (χ1v) is 11.6. The fourth-order valence-corrected chi connectivity index (χ4v) is 4.99. The third-order valence-corrected chi connectivity index (χ3v) is 7.29. The molecule has 2 unspecified atom stereocenters. The first kappa shape index (κ1) is 24.6. The number of benzene rings is 3. The minimum Gasteiger partial charge on any atom is -0.497 e. The van der Waals surface area contributed by atoms with E-state index in [1.807, 2.05) is 86.6 Å². The zero-order chi connectivity index (χ0) is 25.2. The highest BCUT2D eigenvalue weighted by Crippen LogP contribution is 2.59. The number of carboxylic acids is 1. The van der Waals surface area contributed by atoms with E-state index in [9.17, 15) is 9.90 Å². The van der Waals surface area contributed by atoms with Crippen LogP contribution in [0.1, 0.15) is 30.5 Å². The number of carbonyl (C=O) groups is 1. The molecule has 1 saturated carbocycles. The van der Waals surface area contributed by atoms with Gasteiger partial charge in [0.2, 0.25) is 0 Å². The molecule has 3 aromatic carbocycles. The second-order valence-electron chi connectivity index (χ2n) is 9.42. The molecule has 6 nitrogen and oxygen atoms in total. The summed E-state index contributed by atoms with van der Waals surface area (Å²) >= 11 is 0. The molecule has 0 aliphatic heterocycles. The predicted molar refractivity (Wildman–Crippen MR) is 133 cm³/mol. The Hall–Kier alpha value is -3.51. The van der Waals surface area contributed by atoms with Gasteiger partial charge in [-0.1, -0.05) is 50.2 Å². The van der Waals surface area contributed by atoms with Crippen molar-refractivity contribution in [2.45, 2.75) is 19.4 Å². The molecule has 3 aromatic rings. The zero-order valence-electron chi connectivity index (χ0n) is 20.8. The number of hydrogen-bond acceptors (Lipinski definition) is 5. The van der Waals surface area contributed by atoms with Gasteiger partial charge in [-0.05, 0) is 58.5 Å². The van der Waals surface area contributed by atoms with E-state index < -0.39 is 17.5 Å². The Bertz CT molecular complexity index is 1030. The molecular formula is C29H32O6. The molecule has 0 saturated heterocycles. The van der Waals surface area contributed by atoms with Crippen LogP contribution >= 0.6 is 0 Å². The largest absolute Gasteiger partial charge is 0.497 e. The number of carboxylic acid groups (broad SMARTS) is 1. The van der Waals surface area contributed by atoms with Crippen molar-refractivity contribution in [1.82, 2.24) is 0 Å². The molecule has 0 heterocycles. The van der Waals surface area contributed by atoms with Crippen molar-refractivity contribution in [2.75, 3.05) is 27.9 Å². The molecule has 0 radical (unpaired) electrons. The summed E-state index contributed by atoms with van der Waals surface area (Å²) in [5, 5.41) is 9.72. The zero-order valence-corrected chi connectivity index (χ0v) is 20.8. The number of methoxy groups -OCH3 is 3. The van der Waals surface area contributed by atoms with Crippen LogP contribution in [0.2, 0.25) is 0 Å². The van der Waals surface area contributed by atoms with Crippen LogP contribution in [0.15, 0.2) is 72.8 Å². The first-order valence-electron chi connectivity index (χ1n) is 11.6. The van der Waals surface area contributed by atoms with E-state index in [0.29, 0.717) is 0 Å². The summed E-state index contributed by atoms with van der Waals surface area (Å²) in [7, 11) is 4.90. The Morgan fingerprint density at radius 3 is 1.34 bits per heavy atom. The van der Waals surface area contributed by atoms with Gasteiger partial charge in [-0.25, -0.2) is 0 Å². The van der Waals surface area contributed by atoms with Crippen LogP contribution in [0.5, 0.6) is 17.2 Å². The SMILES string of the molecule is COc1ccc(C(OCC2C(C(=O)O)C2(C)C)(c2ccc(OC)cc2)c2ccc(OC)cc2)cc1. The number of aliphatic carboxylic acids is 1. The predicted octanol–water partition coefficient (Wildman–Crippen LogP) is 5.38. The minimum absolute atomic E-state index is 0.103. The molecule has 1 N–H and O–H groups in total. The molecule has 0 amide bonds. The fourth-order valence-electron chi connectivity index (χ4n) is 4.99. The van der Waals surface area contributed by atoms with Crippen LogP contribution in [0.4, 0.5) is 0 Å². The lowest BCUT2D eigenvalue weighted by Gasteiger charge is -2.36. The van der Waals surface area contributed by atoms with Crippen LogP contribution in [0, 0.1) is 17.3 Å². The van der Waals surface area contributed by atoms with Crippen molar-refractivity contribution in [2.24, 2.45) is 17.3 Å². The molecule has 6 heteroatoms. The normalized spacial score (nSPS) is 18.5. The number of rotatable bonds is 10. The Morgan fingerprint density at radius 1 is 0.743 bits per heavy atom. The highest BCUT2D eigenvalue weighted by atomic mass is 16.5. The molecule has 0 bridgehead atoms. The van der Waals surface area contributed by atoms with Gasteiger partial charge >= 0.3 is 5.97 Å². The van der Waals surface area contributed by atoms with E-state index in [4.69, 9.17) is 18.9 Å². The quantitative estimate of drug-likeness (QED) is 0.396. The maximum atomic E-state index is 11.8. The lowest BCUT2D eigenvalue weighted by Crippen LogP contribution is -2.34. The van der Waals surface area contributed by atoms with Gasteiger partial charge in [0, 0.05) is 5.92 Å². The highest BCUT2D eigenvalue weighted by Gasteiger charge is 2.62. The van der Waals surface area contributed by atoms with Gasteiger partial charge in [-0.3, -0.25) is 4.79 Å². The topological polar surface area (TPSA) is 74.2 Å². The summed E-state index contributed by atoms with van der Waals surface area (Å²) < 4.78 is 23.0. The van der Waals surface area contributed by atoms with Crippen LogP contribution in [0.3, 0.4) is 0 Å². The van der Waals surface area contributed by atoms with Crippen LogP contribution < -0.4 is 14.2 Å². The van der Waals surface area contributed by atoms with Gasteiger partial charge in [0.25, 0.3) is 0 Å². The van der Waals surface area contributed by atoms with Gasteiger partial charge in [-0.15, -0.1) is 0 Å². The lowest BCUT2D eigenvalue weighted by molar-refractivity contribution is -0.139. The van der Waals surface area contributed by atoms with Crippen molar-refractivity contribution >= 4 is 5.97 Å². The molecule has 0 aromatic heterocycles. The molecule has 0 spiro atoms. The summed E-state index contributed by atoms with van der Waals surface area (Å²) in [5.74, 6) is 0.883. The smallest absolute Gasteiger partial charge is 0.307 e. The van der Waals surface area contributed by atoms with Crippen molar-refractivity contribution in [1.29, 1.82) is 0 Å². The molecule has 2 atom stereocenters. The third-order valence-electron chi connectivity index (χ3n) is 7.29. The van der Waals surface area contributed by atoms with E-state index >= 15 is 0 Å². The standard InChI is InChI=1S/C29H32O6/c1-28(2)25(26(28)27(30)31)18-35-29(19-6-12-22(32-3)13-7-19,20-8-14-23(33-4)15-9-20)21-10-16-24(34-5)17-11-21/h6-17,25-26H,18H2,1-5H3,(H,30,31). The van der Waals surface area contributed by atoms with E-state index in [-0.39, 0.29) is 17.9 Å². The Balaban J connectivity index is 1.87. The summed E-state index contributed by atoms with van der Waals surface area (Å²) in [6.45, 7) is 4.25. The van der Waals surface area contributed by atoms with Gasteiger partial charge in [-0.2, -0.15) is 0 Å². The average Bonchev–Trinajstić information content (AvgIpc) is 3.45. The maximum absolute atomic E-state index is 11.8. The maximum Gasteiger partial charge on any atom is 0.307 e. The van der Waals surface area contributed by atoms with E-state index in [1.54, 1.807) is 21.3 Å². The monoisotopic (exact) mass is 476 g/mol. The van der Waals surface area contributed by atoms with Gasteiger partial charge in [0.15, 0.2) is 0 Å². The lowest BCUT2D eigenvalue weighted by atomic mass is 9.80. The highest BCUT2D eigenvalue weighted by molar-refractivity contribution is 5.75. The molecular weight excluding hydrogens is 444 g/mol. The van der Waals surface area contributed by atoms with Gasteiger partial charge in [0.05, 0.1) is 33.9 Å². The van der Waals surface area contributed by atoms with Crippen molar-refractivity contribution < 1.29 is 28.8 Å². The summed E-state index contributed by atoms with van der Waals surface area (Å²) in [6.07, 6.45) is 0. The van der Waals surface area contributed by atoms with Gasteiger partial charge in [0.1, 0.15) is 22.8 Å². The minimum atomic E-state index is -0.994. The van der Waals surface area contributed by atoms with E-state index in [0.717, 1.165) is 33.9 Å². The van der Waals surface area contributed by atoms with Crippen molar-refractivity contribution in [3.8, 4) is 17.2 Å². The van der Waals surface area contributed by atoms with Crippen LogP contribution in [-0.4, -0.2) is 39.0 Å². The van der Waals surface area contributed by atoms with Crippen molar-refractivity contribution in [3.05, 3.63) is 89.5 Å². The second kappa shape index (κ2) is 9.62. The Morgan fingerprint density at radius 2 is 1.09 bits per heavy atom. The van der Waals surface area contributed by atoms with Gasteiger partial charge < -0.3 is 24.1 Å². The van der Waals surface area contributed by atoms with E-state index in [2.05, 4.69) is 0 Å². The molecule has 4 rings (SSSR count). The second-order valence-corrected chi connectivity index (χ2v) is 9.42. The molecule has 1 aliphatic carbocycles. The molecule has 1 fully saturated rings. The summed E-state index contributed by atoms with van der Waals surface area (Å²) in [5.41, 5.74) is 1.38. The molecule has 184 valence electrons. The number of ether oxygens (including phenoxy) is 4. The Labute approximate surface area is 206 Å². The van der Waals surface area contributed by atoms with Crippen molar-refractivity contribution in [3.63, 3.8) is 0 Å². The average molecular weight is 477 g/mol. The third kappa shape index (κ3) is 4.46. The molecule has 35 heavy (non-hydrogen) atoms. The first-order chi connectivity index (χ1) is 16.8. The fraction of sp³-hybridized carbons (Fsp3) is 0.345. The van der Waals surface area contributed by atoms with Crippen LogP contribution in [0.25, 0.3) is 0 Å². The summed E-state index contributed by atoms with van der Waals surface area (Å²) in [4.78, 5) is 11.8. The Kier molecular flexibility index (Phi) is 6.77. The molecule has 1 aliphatic rings.